The van der Waals surface area contributed by atoms with E-state index in [0.29, 0.717) is 11.8 Å². The fraction of sp³-hybridized carbons (Fsp3) is 0.647. The van der Waals surface area contributed by atoms with Gasteiger partial charge in [0.15, 0.2) is 0 Å². The largest absolute Gasteiger partial charge is 0.392 e. The van der Waals surface area contributed by atoms with E-state index in [1.54, 1.807) is 0 Å². The third-order valence-corrected chi connectivity index (χ3v) is 8.37. The van der Waals surface area contributed by atoms with Gasteiger partial charge in [-0.1, -0.05) is 59.0 Å². The molecule has 0 spiro atoms. The van der Waals surface area contributed by atoms with Crippen LogP contribution >= 0.6 is 7.92 Å². The van der Waals surface area contributed by atoms with Crippen molar-refractivity contribution >= 4 is 13.2 Å². The van der Waals surface area contributed by atoms with Crippen LogP contribution in [-0.2, 0) is 0 Å². The van der Waals surface area contributed by atoms with E-state index in [2.05, 4.69) is 57.8 Å². The highest BCUT2D eigenvalue weighted by Crippen LogP contribution is 2.58. The van der Waals surface area contributed by atoms with Gasteiger partial charge in [0.25, 0.3) is 0 Å². The maximum absolute atomic E-state index is 10.8. The molecule has 1 saturated carbocycles. The van der Waals surface area contributed by atoms with E-state index < -0.39 is 0 Å². The average molecular weight is 278 g/mol. The van der Waals surface area contributed by atoms with E-state index in [0.717, 1.165) is 6.42 Å². The highest BCUT2D eigenvalue weighted by atomic mass is 31.1. The third-order valence-electron chi connectivity index (χ3n) is 5.01. The van der Waals surface area contributed by atoms with Gasteiger partial charge in [-0.05, 0) is 43.1 Å². The number of aliphatic hydroxyl groups excluding tert-OH is 1. The minimum Gasteiger partial charge on any atom is -0.392 e. The smallest absolute Gasteiger partial charge is 0.0643 e. The van der Waals surface area contributed by atoms with Gasteiger partial charge in [0.1, 0.15) is 0 Å². The molecule has 0 bridgehead atoms. The number of hydrogen-bond donors (Lipinski definition) is 1. The lowest BCUT2D eigenvalue weighted by molar-refractivity contribution is 0.0459. The zero-order chi connectivity index (χ0) is 14.0. The lowest BCUT2D eigenvalue weighted by Crippen LogP contribution is -2.50. The van der Waals surface area contributed by atoms with Crippen molar-refractivity contribution in [2.24, 2.45) is 11.8 Å². The first-order valence-electron chi connectivity index (χ1n) is 7.45. The molecule has 106 valence electrons. The summed E-state index contributed by atoms with van der Waals surface area (Å²) in [5.74, 6) is 1.20. The van der Waals surface area contributed by atoms with E-state index in [9.17, 15) is 5.11 Å². The topological polar surface area (TPSA) is 20.2 Å². The van der Waals surface area contributed by atoms with Gasteiger partial charge in [0, 0.05) is 5.16 Å². The van der Waals surface area contributed by atoms with Crippen molar-refractivity contribution < 1.29 is 5.11 Å². The summed E-state index contributed by atoms with van der Waals surface area (Å²) in [5, 5.41) is 12.3. The molecule has 0 aromatic heterocycles. The molecule has 1 N–H and O–H groups in total. The van der Waals surface area contributed by atoms with Crippen molar-refractivity contribution in [3.05, 3.63) is 30.3 Å². The first-order chi connectivity index (χ1) is 8.98. The second-order valence-electron chi connectivity index (χ2n) is 6.44. The van der Waals surface area contributed by atoms with Crippen LogP contribution in [0.5, 0.6) is 0 Å². The first-order valence-corrected chi connectivity index (χ1v) is 9.24. The predicted molar refractivity (Wildman–Crippen MR) is 85.5 cm³/mol. The van der Waals surface area contributed by atoms with Gasteiger partial charge >= 0.3 is 0 Å². The van der Waals surface area contributed by atoms with Crippen molar-refractivity contribution in [2.45, 2.75) is 51.3 Å². The van der Waals surface area contributed by atoms with Crippen molar-refractivity contribution in [1.29, 1.82) is 0 Å². The number of benzene rings is 1. The maximum atomic E-state index is 10.8. The molecule has 1 aliphatic carbocycles. The van der Waals surface area contributed by atoms with E-state index >= 15 is 0 Å². The molecule has 1 fully saturated rings. The molecule has 1 aromatic rings. The minimum absolute atomic E-state index is 0.100. The van der Waals surface area contributed by atoms with Crippen molar-refractivity contribution in [1.82, 2.24) is 0 Å². The van der Waals surface area contributed by atoms with E-state index in [4.69, 9.17) is 0 Å². The van der Waals surface area contributed by atoms with Crippen molar-refractivity contribution in [3.8, 4) is 0 Å². The van der Waals surface area contributed by atoms with Crippen LogP contribution in [0.3, 0.4) is 0 Å². The normalized spacial score (nSPS) is 33.4. The molecule has 19 heavy (non-hydrogen) atoms. The first kappa shape index (κ1) is 15.0. The van der Waals surface area contributed by atoms with Gasteiger partial charge < -0.3 is 5.11 Å². The lowest BCUT2D eigenvalue weighted by Gasteiger charge is -2.50. The van der Waals surface area contributed by atoms with Crippen LogP contribution in [0.25, 0.3) is 0 Å². The highest BCUT2D eigenvalue weighted by molar-refractivity contribution is 7.66. The fourth-order valence-electron chi connectivity index (χ4n) is 3.69. The van der Waals surface area contributed by atoms with Gasteiger partial charge in [-0.3, -0.25) is 0 Å². The van der Waals surface area contributed by atoms with Gasteiger partial charge in [0.2, 0.25) is 0 Å². The molecular weight excluding hydrogens is 251 g/mol. The second kappa shape index (κ2) is 5.94. The number of rotatable bonds is 3. The Balaban J connectivity index is 2.34. The molecule has 0 radical (unpaired) electrons. The molecule has 4 atom stereocenters. The summed E-state index contributed by atoms with van der Waals surface area (Å²) in [6.45, 7) is 9.22. The summed E-state index contributed by atoms with van der Waals surface area (Å²) < 4.78 is 0. The second-order valence-corrected chi connectivity index (χ2v) is 8.90. The molecule has 0 aliphatic heterocycles. The molecule has 1 unspecified atom stereocenters. The molecule has 2 rings (SSSR count). The minimum atomic E-state index is -0.326. The zero-order valence-corrected chi connectivity index (χ0v) is 13.5. The SMILES string of the molecule is CC(C)[C@]1(P(C)c2ccccc2)CC[C@@H](C)C[C@H]1O. The zero-order valence-electron chi connectivity index (χ0n) is 12.6. The number of aliphatic hydroxyl groups is 1. The Hall–Kier alpha value is -0.390. The molecule has 2 heteroatoms. The summed E-state index contributed by atoms with van der Waals surface area (Å²) in [4.78, 5) is 0. The summed E-state index contributed by atoms with van der Waals surface area (Å²) in [6.07, 6.45) is 3.25. The average Bonchev–Trinajstić information content (AvgIpc) is 2.39. The Bertz CT molecular complexity index is 403. The fourth-order valence-corrected chi connectivity index (χ4v) is 6.58. The van der Waals surface area contributed by atoms with Gasteiger partial charge in [-0.2, -0.15) is 0 Å². The van der Waals surface area contributed by atoms with Crippen LogP contribution < -0.4 is 5.30 Å². The van der Waals surface area contributed by atoms with Crippen LogP contribution in [0.1, 0.15) is 40.0 Å². The predicted octanol–water partition coefficient (Wildman–Crippen LogP) is 4.00. The van der Waals surface area contributed by atoms with Crippen molar-refractivity contribution in [2.75, 3.05) is 6.66 Å². The Kier molecular flexibility index (Phi) is 4.69. The molecule has 1 nitrogen and oxygen atoms in total. The van der Waals surface area contributed by atoms with Crippen LogP contribution in [-0.4, -0.2) is 23.0 Å². The molecule has 1 aliphatic rings. The van der Waals surface area contributed by atoms with Crippen LogP contribution in [0.4, 0.5) is 0 Å². The standard InChI is InChI=1S/C17H27OP/c1-13(2)17(11-10-14(3)12-16(17)18)19(4)15-8-6-5-7-9-15/h5-9,13-14,16,18H,10-12H2,1-4H3/t14-,16-,17-,19?/m1/s1. The van der Waals surface area contributed by atoms with Crippen LogP contribution in [0, 0.1) is 11.8 Å². The van der Waals surface area contributed by atoms with E-state index in [1.165, 1.54) is 18.1 Å². The molecular formula is C17H27OP. The molecule has 0 heterocycles. The monoisotopic (exact) mass is 278 g/mol. The van der Waals surface area contributed by atoms with Gasteiger partial charge in [-0.25, -0.2) is 0 Å². The Morgan fingerprint density at radius 3 is 2.42 bits per heavy atom. The van der Waals surface area contributed by atoms with Crippen molar-refractivity contribution in [3.63, 3.8) is 0 Å². The summed E-state index contributed by atoms with van der Waals surface area (Å²) >= 11 is 0. The molecule has 0 amide bonds. The Labute approximate surface area is 119 Å². The third kappa shape index (κ3) is 2.73. The summed E-state index contributed by atoms with van der Waals surface area (Å²) in [7, 11) is -0.326. The molecule has 1 aromatic carbocycles. The molecule has 0 saturated heterocycles. The lowest BCUT2D eigenvalue weighted by atomic mass is 9.74. The quantitative estimate of drug-likeness (QED) is 0.829. The summed E-state index contributed by atoms with van der Waals surface area (Å²) in [6, 6.07) is 10.8. The van der Waals surface area contributed by atoms with Crippen LogP contribution in [0.15, 0.2) is 30.3 Å². The Morgan fingerprint density at radius 1 is 1.26 bits per heavy atom. The van der Waals surface area contributed by atoms with E-state index in [-0.39, 0.29) is 19.2 Å². The Morgan fingerprint density at radius 2 is 1.89 bits per heavy atom. The highest BCUT2D eigenvalue weighted by Gasteiger charge is 2.48. The number of hydrogen-bond acceptors (Lipinski definition) is 1. The van der Waals surface area contributed by atoms with Gasteiger partial charge in [-0.15, -0.1) is 0 Å². The summed E-state index contributed by atoms with van der Waals surface area (Å²) in [5.41, 5.74) is 0. The maximum Gasteiger partial charge on any atom is 0.0643 e. The van der Waals surface area contributed by atoms with Gasteiger partial charge in [0.05, 0.1) is 6.10 Å². The van der Waals surface area contributed by atoms with E-state index in [1.807, 2.05) is 0 Å². The van der Waals surface area contributed by atoms with Crippen LogP contribution in [0.2, 0.25) is 0 Å².